The Balaban J connectivity index is 2.43. The van der Waals surface area contributed by atoms with E-state index in [0.29, 0.717) is 17.2 Å². The highest BCUT2D eigenvalue weighted by molar-refractivity contribution is 5.87. The molecule has 0 heterocycles. The zero-order valence-corrected chi connectivity index (χ0v) is 15.2. The van der Waals surface area contributed by atoms with Crippen LogP contribution in [0.2, 0.25) is 0 Å². The minimum absolute atomic E-state index is 0.371. The number of benzene rings is 1. The Bertz CT molecular complexity index is 615. The van der Waals surface area contributed by atoms with Crippen LogP contribution in [0.15, 0.2) is 12.1 Å². The SMILES string of the molecule is COc1cc(NC(=O)OC(C)(C)C)c(C2(C(C)O)CC2)cc1OC. The number of anilines is 1. The van der Waals surface area contributed by atoms with Crippen molar-refractivity contribution in [1.29, 1.82) is 0 Å². The van der Waals surface area contributed by atoms with Crippen molar-refractivity contribution >= 4 is 11.8 Å². The molecule has 1 unspecified atom stereocenters. The summed E-state index contributed by atoms with van der Waals surface area (Å²) < 4.78 is 16.0. The molecule has 2 N–H and O–H groups in total. The molecule has 24 heavy (non-hydrogen) atoms. The summed E-state index contributed by atoms with van der Waals surface area (Å²) in [6, 6.07) is 3.53. The van der Waals surface area contributed by atoms with Crippen molar-refractivity contribution in [3.63, 3.8) is 0 Å². The smallest absolute Gasteiger partial charge is 0.412 e. The van der Waals surface area contributed by atoms with Gasteiger partial charge in [0.25, 0.3) is 0 Å². The van der Waals surface area contributed by atoms with Crippen LogP contribution < -0.4 is 14.8 Å². The van der Waals surface area contributed by atoms with Gasteiger partial charge in [-0.25, -0.2) is 4.79 Å². The fourth-order valence-electron chi connectivity index (χ4n) is 2.85. The van der Waals surface area contributed by atoms with Crippen LogP contribution in [-0.2, 0) is 10.2 Å². The first-order valence-corrected chi connectivity index (χ1v) is 8.07. The van der Waals surface area contributed by atoms with Gasteiger partial charge >= 0.3 is 6.09 Å². The summed E-state index contributed by atoms with van der Waals surface area (Å²) in [7, 11) is 3.10. The van der Waals surface area contributed by atoms with Crippen LogP contribution in [0, 0.1) is 0 Å². The first-order valence-electron chi connectivity index (χ1n) is 8.07. The van der Waals surface area contributed by atoms with Crippen molar-refractivity contribution in [3.8, 4) is 11.5 Å². The molecule has 0 radical (unpaired) electrons. The molecule has 1 aliphatic carbocycles. The van der Waals surface area contributed by atoms with Crippen LogP contribution in [0.3, 0.4) is 0 Å². The molecule has 6 nitrogen and oxygen atoms in total. The van der Waals surface area contributed by atoms with Crippen LogP contribution in [0.4, 0.5) is 10.5 Å². The number of carbonyl (C=O) groups excluding carboxylic acids is 1. The van der Waals surface area contributed by atoms with E-state index in [-0.39, 0.29) is 5.41 Å². The molecule has 134 valence electrons. The zero-order valence-electron chi connectivity index (χ0n) is 15.2. The second-order valence-electron chi connectivity index (χ2n) is 7.21. The summed E-state index contributed by atoms with van der Waals surface area (Å²) in [5, 5.41) is 13.0. The third kappa shape index (κ3) is 3.75. The predicted octanol–water partition coefficient (Wildman–Crippen LogP) is 3.46. The van der Waals surface area contributed by atoms with E-state index in [2.05, 4.69) is 5.32 Å². The average Bonchev–Trinajstić information content (AvgIpc) is 3.26. The lowest BCUT2D eigenvalue weighted by atomic mass is 9.89. The number of aliphatic hydroxyl groups excluding tert-OH is 1. The highest BCUT2D eigenvalue weighted by Gasteiger charge is 2.50. The standard InChI is InChI=1S/C18H27NO5/c1-11(20)18(7-8-18)12-9-14(22-5)15(23-6)10-13(12)19-16(21)24-17(2,3)4/h9-11,20H,7-8H2,1-6H3,(H,19,21). The number of nitrogens with one attached hydrogen (secondary N) is 1. The Hall–Kier alpha value is -1.95. The largest absolute Gasteiger partial charge is 0.493 e. The zero-order chi connectivity index (χ0) is 18.1. The van der Waals surface area contributed by atoms with Crippen LogP contribution in [-0.4, -0.2) is 37.1 Å². The topological polar surface area (TPSA) is 77.0 Å². The molecule has 0 aromatic heterocycles. The lowest BCUT2D eigenvalue weighted by molar-refractivity contribution is 0.0635. The summed E-state index contributed by atoms with van der Waals surface area (Å²) in [4.78, 5) is 12.2. The van der Waals surface area contributed by atoms with Gasteiger partial charge in [-0.3, -0.25) is 5.32 Å². The summed E-state index contributed by atoms with van der Waals surface area (Å²) in [6.07, 6.45) is 0.624. The van der Waals surface area contributed by atoms with Crippen LogP contribution >= 0.6 is 0 Å². The van der Waals surface area contributed by atoms with Gasteiger partial charge in [0.2, 0.25) is 0 Å². The second-order valence-corrected chi connectivity index (χ2v) is 7.21. The Morgan fingerprint density at radius 2 is 1.75 bits per heavy atom. The maximum Gasteiger partial charge on any atom is 0.412 e. The van der Waals surface area contributed by atoms with Crippen molar-refractivity contribution in [3.05, 3.63) is 17.7 Å². The van der Waals surface area contributed by atoms with Crippen molar-refractivity contribution in [2.45, 2.75) is 57.7 Å². The summed E-state index contributed by atoms with van der Waals surface area (Å²) in [6.45, 7) is 7.18. The molecule has 0 saturated heterocycles. The van der Waals surface area contributed by atoms with E-state index in [9.17, 15) is 9.90 Å². The number of ether oxygens (including phenoxy) is 3. The van der Waals surface area contributed by atoms with E-state index in [1.807, 2.05) is 6.07 Å². The highest BCUT2D eigenvalue weighted by Crippen LogP contribution is 2.55. The normalized spacial score (nSPS) is 17.0. The van der Waals surface area contributed by atoms with Gasteiger partial charge in [-0.2, -0.15) is 0 Å². The van der Waals surface area contributed by atoms with Crippen molar-refractivity contribution in [1.82, 2.24) is 0 Å². The molecule has 1 saturated carbocycles. The predicted molar refractivity (Wildman–Crippen MR) is 92.0 cm³/mol. The number of carbonyl (C=O) groups is 1. The number of hydrogen-bond donors (Lipinski definition) is 2. The number of methoxy groups -OCH3 is 2. The number of amides is 1. The van der Waals surface area contributed by atoms with Gasteiger partial charge in [-0.1, -0.05) is 0 Å². The van der Waals surface area contributed by atoms with E-state index < -0.39 is 17.8 Å². The monoisotopic (exact) mass is 337 g/mol. The molecule has 1 aromatic rings. The molecule has 6 heteroatoms. The van der Waals surface area contributed by atoms with Gasteiger partial charge in [-0.15, -0.1) is 0 Å². The fraction of sp³-hybridized carbons (Fsp3) is 0.611. The average molecular weight is 337 g/mol. The quantitative estimate of drug-likeness (QED) is 0.860. The molecule has 0 aliphatic heterocycles. The summed E-state index contributed by atoms with van der Waals surface area (Å²) >= 11 is 0. The van der Waals surface area contributed by atoms with Gasteiger partial charge in [0.15, 0.2) is 11.5 Å². The minimum Gasteiger partial charge on any atom is -0.493 e. The maximum atomic E-state index is 12.2. The summed E-state index contributed by atoms with van der Waals surface area (Å²) in [5.41, 5.74) is 0.438. The van der Waals surface area contributed by atoms with Gasteiger partial charge in [0.05, 0.1) is 26.0 Å². The first kappa shape index (κ1) is 18.4. The highest BCUT2D eigenvalue weighted by atomic mass is 16.6. The van der Waals surface area contributed by atoms with E-state index >= 15 is 0 Å². The second kappa shape index (κ2) is 6.51. The molecule has 1 atom stereocenters. The van der Waals surface area contributed by atoms with Crippen molar-refractivity contribution in [2.75, 3.05) is 19.5 Å². The number of aliphatic hydroxyl groups is 1. The molecule has 1 amide bonds. The van der Waals surface area contributed by atoms with E-state index in [0.717, 1.165) is 18.4 Å². The molecular weight excluding hydrogens is 310 g/mol. The summed E-state index contributed by atoms with van der Waals surface area (Å²) in [5.74, 6) is 1.07. The maximum absolute atomic E-state index is 12.2. The lowest BCUT2D eigenvalue weighted by Crippen LogP contribution is -2.29. The molecule has 1 fully saturated rings. The molecule has 1 aromatic carbocycles. The third-order valence-corrected chi connectivity index (χ3v) is 4.28. The Morgan fingerprint density at radius 3 is 2.17 bits per heavy atom. The minimum atomic E-state index is -0.595. The van der Waals surface area contributed by atoms with Crippen molar-refractivity contribution < 1.29 is 24.1 Å². The molecule has 0 bridgehead atoms. The molecule has 2 rings (SSSR count). The van der Waals surface area contributed by atoms with Gasteiger partial charge in [0, 0.05) is 11.5 Å². The van der Waals surface area contributed by atoms with Crippen molar-refractivity contribution in [2.24, 2.45) is 0 Å². The Labute approximate surface area is 143 Å². The van der Waals surface area contributed by atoms with Gasteiger partial charge < -0.3 is 19.3 Å². The van der Waals surface area contributed by atoms with E-state index in [4.69, 9.17) is 14.2 Å². The number of hydrogen-bond acceptors (Lipinski definition) is 5. The van der Waals surface area contributed by atoms with E-state index in [1.165, 1.54) is 7.11 Å². The van der Waals surface area contributed by atoms with Crippen LogP contribution in [0.1, 0.15) is 46.1 Å². The molecule has 0 spiro atoms. The molecular formula is C18H27NO5. The lowest BCUT2D eigenvalue weighted by Gasteiger charge is -2.25. The third-order valence-electron chi connectivity index (χ3n) is 4.28. The fourth-order valence-corrected chi connectivity index (χ4v) is 2.85. The van der Waals surface area contributed by atoms with Gasteiger partial charge in [0.1, 0.15) is 5.60 Å². The number of rotatable bonds is 5. The van der Waals surface area contributed by atoms with Crippen LogP contribution in [0.5, 0.6) is 11.5 Å². The first-order chi connectivity index (χ1) is 11.1. The Kier molecular flexibility index (Phi) is 4.99. The van der Waals surface area contributed by atoms with E-state index in [1.54, 1.807) is 40.9 Å². The molecule has 1 aliphatic rings. The Morgan fingerprint density at radius 1 is 1.21 bits per heavy atom. The van der Waals surface area contributed by atoms with Gasteiger partial charge in [-0.05, 0) is 52.2 Å². The van der Waals surface area contributed by atoms with Crippen LogP contribution in [0.25, 0.3) is 0 Å².